The molecule has 0 radical (unpaired) electrons. The normalized spacial score (nSPS) is 23.2. The van der Waals surface area contributed by atoms with Crippen LogP contribution in [-0.2, 0) is 15.6 Å². The number of hydrogen-bond acceptors (Lipinski definition) is 6. The maximum atomic E-state index is 12.4. The molecule has 0 spiro atoms. The lowest BCUT2D eigenvalue weighted by Gasteiger charge is -2.33. The van der Waals surface area contributed by atoms with E-state index in [1.165, 1.54) is 18.4 Å². The van der Waals surface area contributed by atoms with Crippen LogP contribution in [0.25, 0.3) is 10.4 Å². The molecule has 2 aromatic rings. The Labute approximate surface area is 153 Å². The molecule has 0 aliphatic carbocycles. The zero-order chi connectivity index (χ0) is 17.7. The fraction of sp³-hybridized carbons (Fsp3) is 0.333. The van der Waals surface area contributed by atoms with E-state index in [4.69, 9.17) is 5.73 Å². The molecule has 2 aromatic heterocycles. The van der Waals surface area contributed by atoms with Crippen LogP contribution in [0.2, 0.25) is 0 Å². The fourth-order valence-electron chi connectivity index (χ4n) is 2.63. The average Bonchev–Trinajstić information content (AvgIpc) is 2.87. The summed E-state index contributed by atoms with van der Waals surface area (Å²) in [7, 11) is -2.08. The number of halogens is 1. The van der Waals surface area contributed by atoms with Crippen LogP contribution in [-0.4, -0.2) is 36.5 Å². The molecule has 3 heterocycles. The summed E-state index contributed by atoms with van der Waals surface area (Å²) < 4.78 is 26.6. The average molecular weight is 429 g/mol. The van der Waals surface area contributed by atoms with Crippen molar-refractivity contribution in [2.45, 2.75) is 19.4 Å². The summed E-state index contributed by atoms with van der Waals surface area (Å²) in [6.07, 6.45) is 3.59. The van der Waals surface area contributed by atoms with E-state index >= 15 is 0 Å². The molecule has 0 unspecified atom stereocenters. The van der Waals surface area contributed by atoms with Crippen LogP contribution in [0.5, 0.6) is 0 Å². The Bertz CT molecular complexity index is 939. The van der Waals surface area contributed by atoms with Gasteiger partial charge < -0.3 is 5.73 Å². The highest BCUT2D eigenvalue weighted by Gasteiger charge is 2.42. The molecular weight excluding hydrogens is 412 g/mol. The number of hydrogen-bond donors (Lipinski definition) is 1. The second-order valence-corrected chi connectivity index (χ2v) is 9.91. The van der Waals surface area contributed by atoms with Gasteiger partial charge in [0, 0.05) is 39.2 Å². The first kappa shape index (κ1) is 17.4. The molecule has 0 saturated heterocycles. The van der Waals surface area contributed by atoms with Crippen molar-refractivity contribution in [2.75, 3.05) is 12.8 Å². The Balaban J connectivity index is 2.11. The van der Waals surface area contributed by atoms with Gasteiger partial charge in [-0.2, -0.15) is 0 Å². The minimum absolute atomic E-state index is 0.00261. The van der Waals surface area contributed by atoms with Crippen LogP contribution in [0.1, 0.15) is 17.4 Å². The molecule has 0 aromatic carbocycles. The SMILES string of the molecule is Cc1cncc(-c2cc(Br)c([C@]3(C)CS(=O)(=O)N(C)C(N)=N3)s2)c1. The van der Waals surface area contributed by atoms with Crippen molar-refractivity contribution in [3.63, 3.8) is 0 Å². The second-order valence-electron chi connectivity index (χ2n) is 6.01. The lowest BCUT2D eigenvalue weighted by atomic mass is 10.0. The van der Waals surface area contributed by atoms with Gasteiger partial charge in [0.15, 0.2) is 0 Å². The molecule has 128 valence electrons. The molecular formula is C15H17BrN4O2S2. The number of nitrogens with zero attached hydrogens (tertiary/aromatic N) is 3. The maximum Gasteiger partial charge on any atom is 0.239 e. The van der Waals surface area contributed by atoms with Gasteiger partial charge in [-0.05, 0) is 47.5 Å². The molecule has 0 saturated carbocycles. The van der Waals surface area contributed by atoms with Crippen molar-refractivity contribution < 1.29 is 8.42 Å². The smallest absolute Gasteiger partial charge is 0.239 e. The zero-order valence-corrected chi connectivity index (χ0v) is 16.7. The molecule has 6 nitrogen and oxygen atoms in total. The van der Waals surface area contributed by atoms with Crippen molar-refractivity contribution in [1.29, 1.82) is 0 Å². The van der Waals surface area contributed by atoms with Gasteiger partial charge in [-0.3, -0.25) is 4.98 Å². The third kappa shape index (κ3) is 2.96. The van der Waals surface area contributed by atoms with E-state index in [9.17, 15) is 8.42 Å². The van der Waals surface area contributed by atoms with Crippen LogP contribution < -0.4 is 5.73 Å². The Morgan fingerprint density at radius 2 is 2.08 bits per heavy atom. The fourth-order valence-corrected chi connectivity index (χ4v) is 6.34. The first-order valence-corrected chi connectivity index (χ1v) is 10.4. The van der Waals surface area contributed by atoms with Gasteiger partial charge in [0.1, 0.15) is 5.54 Å². The van der Waals surface area contributed by atoms with Crippen molar-refractivity contribution in [2.24, 2.45) is 10.7 Å². The predicted molar refractivity (Wildman–Crippen MR) is 101 cm³/mol. The van der Waals surface area contributed by atoms with Gasteiger partial charge in [-0.15, -0.1) is 11.3 Å². The van der Waals surface area contributed by atoms with Gasteiger partial charge in [0.2, 0.25) is 16.0 Å². The van der Waals surface area contributed by atoms with E-state index < -0.39 is 15.6 Å². The largest absolute Gasteiger partial charge is 0.369 e. The number of aryl methyl sites for hydroxylation is 1. The summed E-state index contributed by atoms with van der Waals surface area (Å²) in [4.78, 5) is 10.5. The highest BCUT2D eigenvalue weighted by Crippen LogP contribution is 2.44. The lowest BCUT2D eigenvalue weighted by Crippen LogP contribution is -2.50. The number of aromatic nitrogens is 1. The van der Waals surface area contributed by atoms with Crippen molar-refractivity contribution in [1.82, 2.24) is 9.29 Å². The Hall–Kier alpha value is -1.45. The van der Waals surface area contributed by atoms with Gasteiger partial charge in [-0.1, -0.05) is 0 Å². The molecule has 0 bridgehead atoms. The van der Waals surface area contributed by atoms with E-state index in [2.05, 4.69) is 25.9 Å². The van der Waals surface area contributed by atoms with E-state index in [0.717, 1.165) is 29.7 Å². The van der Waals surface area contributed by atoms with E-state index in [1.807, 2.05) is 19.1 Å². The molecule has 1 atom stereocenters. The summed E-state index contributed by atoms with van der Waals surface area (Å²) >= 11 is 5.05. The maximum absolute atomic E-state index is 12.4. The topological polar surface area (TPSA) is 88.7 Å². The standard InChI is InChI=1S/C15H17BrN4O2S2/c1-9-4-10(7-18-6-9)12-5-11(16)13(23-12)15(2)8-24(21,22)20(3)14(17)19-15/h4-7H,8H2,1-3H3,(H2,17,19)/t15-/m0/s1. The van der Waals surface area contributed by atoms with Gasteiger partial charge >= 0.3 is 0 Å². The lowest BCUT2D eigenvalue weighted by molar-refractivity contribution is 0.481. The number of pyridine rings is 1. The Morgan fingerprint density at radius 3 is 2.71 bits per heavy atom. The third-order valence-electron chi connectivity index (χ3n) is 3.90. The number of thiophene rings is 1. The highest BCUT2D eigenvalue weighted by atomic mass is 79.9. The van der Waals surface area contributed by atoms with E-state index in [0.29, 0.717) is 0 Å². The number of rotatable bonds is 2. The van der Waals surface area contributed by atoms with Crippen LogP contribution in [0.15, 0.2) is 34.0 Å². The molecule has 1 aliphatic rings. The van der Waals surface area contributed by atoms with E-state index in [-0.39, 0.29) is 11.7 Å². The number of guanidine groups is 1. The van der Waals surface area contributed by atoms with Crippen molar-refractivity contribution >= 4 is 43.2 Å². The quantitative estimate of drug-likeness (QED) is 0.795. The first-order chi connectivity index (χ1) is 11.1. The second kappa shape index (κ2) is 5.82. The summed E-state index contributed by atoms with van der Waals surface area (Å²) in [6.45, 7) is 3.77. The minimum atomic E-state index is -3.49. The van der Waals surface area contributed by atoms with Crippen LogP contribution >= 0.6 is 27.3 Å². The van der Waals surface area contributed by atoms with Crippen LogP contribution in [0.3, 0.4) is 0 Å². The van der Waals surface area contributed by atoms with Gasteiger partial charge in [0.25, 0.3) is 0 Å². The third-order valence-corrected chi connectivity index (χ3v) is 8.17. The summed E-state index contributed by atoms with van der Waals surface area (Å²) in [5, 5.41) is 0. The van der Waals surface area contributed by atoms with E-state index in [1.54, 1.807) is 19.3 Å². The van der Waals surface area contributed by atoms with Crippen molar-refractivity contribution in [3.8, 4) is 10.4 Å². The van der Waals surface area contributed by atoms with Crippen LogP contribution in [0.4, 0.5) is 0 Å². The summed E-state index contributed by atoms with van der Waals surface area (Å²) in [5.74, 6) is -0.121. The highest BCUT2D eigenvalue weighted by molar-refractivity contribution is 9.10. The molecule has 9 heteroatoms. The molecule has 0 amide bonds. The molecule has 0 fully saturated rings. The zero-order valence-electron chi connectivity index (χ0n) is 13.4. The Kier molecular flexibility index (Phi) is 4.21. The molecule has 24 heavy (non-hydrogen) atoms. The monoisotopic (exact) mass is 428 g/mol. The molecule has 1 aliphatic heterocycles. The van der Waals surface area contributed by atoms with Gasteiger partial charge in [0.05, 0.1) is 5.75 Å². The van der Waals surface area contributed by atoms with Crippen molar-refractivity contribution in [3.05, 3.63) is 39.4 Å². The Morgan fingerprint density at radius 1 is 1.38 bits per heavy atom. The minimum Gasteiger partial charge on any atom is -0.369 e. The number of nitrogens with two attached hydrogens (primary N) is 1. The number of sulfonamides is 1. The first-order valence-electron chi connectivity index (χ1n) is 7.16. The number of aliphatic imine (C=N–C) groups is 1. The van der Waals surface area contributed by atoms with Crippen LogP contribution in [0, 0.1) is 6.92 Å². The predicted octanol–water partition coefficient (Wildman–Crippen LogP) is 2.69. The summed E-state index contributed by atoms with van der Waals surface area (Å²) in [6, 6.07) is 4.01. The summed E-state index contributed by atoms with van der Waals surface area (Å²) in [5.41, 5.74) is 6.96. The molecule has 3 rings (SSSR count). The molecule has 2 N–H and O–H groups in total. The van der Waals surface area contributed by atoms with Gasteiger partial charge in [-0.25, -0.2) is 17.7 Å².